The molecule has 0 N–H and O–H groups in total. The van der Waals surface area contributed by atoms with Crippen molar-refractivity contribution in [2.24, 2.45) is 22.2 Å². The lowest BCUT2D eigenvalue weighted by Crippen LogP contribution is -2.45. The zero-order valence-electron chi connectivity index (χ0n) is 16.7. The summed E-state index contributed by atoms with van der Waals surface area (Å²) in [6.45, 7) is 18.4. The predicted octanol–water partition coefficient (Wildman–Crippen LogP) is 4.58. The van der Waals surface area contributed by atoms with Crippen LogP contribution < -0.4 is 0 Å². The van der Waals surface area contributed by atoms with E-state index in [1.165, 1.54) is 0 Å². The summed E-state index contributed by atoms with van der Waals surface area (Å²) in [4.78, 5) is 24.3. The molecule has 1 heterocycles. The van der Waals surface area contributed by atoms with Gasteiger partial charge in [0.05, 0.1) is 5.41 Å². The first kappa shape index (κ1) is 20.8. The Morgan fingerprint density at radius 3 is 2.04 bits per heavy atom. The van der Waals surface area contributed by atoms with Crippen molar-refractivity contribution in [3.63, 3.8) is 0 Å². The van der Waals surface area contributed by atoms with Gasteiger partial charge >= 0.3 is 12.1 Å². The van der Waals surface area contributed by atoms with Crippen LogP contribution in [0, 0.1) is 22.2 Å². The number of carbonyl (C=O) groups excluding carboxylic acids is 2. The zero-order chi connectivity index (χ0) is 18.9. The van der Waals surface area contributed by atoms with Gasteiger partial charge in [-0.05, 0) is 30.1 Å². The number of esters is 1. The molecule has 140 valence electrons. The Balaban J connectivity index is 2.84. The Hall–Kier alpha value is -1.26. The van der Waals surface area contributed by atoms with Gasteiger partial charge in [0.15, 0.2) is 6.10 Å². The van der Waals surface area contributed by atoms with Gasteiger partial charge in [-0.25, -0.2) is 4.79 Å². The molecule has 0 bridgehead atoms. The van der Waals surface area contributed by atoms with Gasteiger partial charge in [0.2, 0.25) is 0 Å². The monoisotopic (exact) mass is 342 g/mol. The summed E-state index contributed by atoms with van der Waals surface area (Å²) in [5, 5.41) is 0. The van der Waals surface area contributed by atoms with Crippen LogP contribution in [-0.2, 0) is 19.0 Å². The molecule has 1 aliphatic heterocycles. The summed E-state index contributed by atoms with van der Waals surface area (Å²) in [6.07, 6.45) is -0.909. The standard InChI is InChI=1S/C19H34O5/c1-12(2)14-13(23-16(21)24-14)10-22-15(20)19(9,18(6,7)8)11-17(3,4)5/h12-14H,10-11H2,1-9H3. The predicted molar refractivity (Wildman–Crippen MR) is 92.6 cm³/mol. The Kier molecular flexibility index (Phi) is 6.00. The summed E-state index contributed by atoms with van der Waals surface area (Å²) < 4.78 is 15.9. The van der Waals surface area contributed by atoms with Crippen LogP contribution in [0.4, 0.5) is 4.79 Å². The van der Waals surface area contributed by atoms with Crippen molar-refractivity contribution in [2.75, 3.05) is 6.61 Å². The van der Waals surface area contributed by atoms with Gasteiger partial charge in [0.1, 0.15) is 12.7 Å². The maximum atomic E-state index is 12.9. The normalized spacial score (nSPS) is 24.3. The highest BCUT2D eigenvalue weighted by atomic mass is 16.8. The van der Waals surface area contributed by atoms with Gasteiger partial charge in [-0.1, -0.05) is 55.4 Å². The van der Waals surface area contributed by atoms with Gasteiger partial charge in [0, 0.05) is 0 Å². The molecule has 0 spiro atoms. The molecule has 1 saturated heterocycles. The van der Waals surface area contributed by atoms with E-state index in [0.29, 0.717) is 6.42 Å². The number of cyclic esters (lactones) is 2. The molecule has 0 aliphatic carbocycles. The van der Waals surface area contributed by atoms with Gasteiger partial charge < -0.3 is 14.2 Å². The van der Waals surface area contributed by atoms with Crippen LogP contribution in [0.3, 0.4) is 0 Å². The van der Waals surface area contributed by atoms with E-state index in [9.17, 15) is 9.59 Å². The maximum absolute atomic E-state index is 12.9. The van der Waals surface area contributed by atoms with Crippen LogP contribution in [0.2, 0.25) is 0 Å². The topological polar surface area (TPSA) is 61.8 Å². The molecule has 1 rings (SSSR count). The summed E-state index contributed by atoms with van der Waals surface area (Å²) in [5.74, 6) is -0.154. The van der Waals surface area contributed by atoms with Gasteiger partial charge in [-0.3, -0.25) is 4.79 Å². The summed E-state index contributed by atoms with van der Waals surface area (Å²) in [5.41, 5.74) is -0.899. The van der Waals surface area contributed by atoms with Crippen molar-refractivity contribution in [1.82, 2.24) is 0 Å². The SMILES string of the molecule is CC(C)C1OC(=O)OC1COC(=O)C(C)(CC(C)(C)C)C(C)(C)C. The second kappa shape index (κ2) is 6.93. The summed E-state index contributed by atoms with van der Waals surface area (Å²) in [7, 11) is 0. The van der Waals surface area contributed by atoms with E-state index in [1.807, 2.05) is 20.8 Å². The molecule has 0 aromatic carbocycles. The quantitative estimate of drug-likeness (QED) is 0.684. The molecular weight excluding hydrogens is 308 g/mol. The molecule has 3 atom stereocenters. The number of ether oxygens (including phenoxy) is 3. The van der Waals surface area contributed by atoms with Gasteiger partial charge in [-0.2, -0.15) is 0 Å². The van der Waals surface area contributed by atoms with Crippen molar-refractivity contribution in [1.29, 1.82) is 0 Å². The van der Waals surface area contributed by atoms with Crippen LogP contribution in [-0.4, -0.2) is 30.9 Å². The van der Waals surface area contributed by atoms with E-state index in [0.717, 1.165) is 0 Å². The highest BCUT2D eigenvalue weighted by Gasteiger charge is 2.48. The molecule has 0 amide bonds. The smallest absolute Gasteiger partial charge is 0.461 e. The van der Waals surface area contributed by atoms with E-state index in [1.54, 1.807) is 0 Å². The lowest BCUT2D eigenvalue weighted by atomic mass is 9.61. The second-order valence-corrected chi connectivity index (χ2v) is 9.65. The molecular formula is C19H34O5. The third-order valence-corrected chi connectivity index (χ3v) is 4.87. The number of hydrogen-bond acceptors (Lipinski definition) is 5. The van der Waals surface area contributed by atoms with Crippen LogP contribution >= 0.6 is 0 Å². The minimum atomic E-state index is -0.692. The van der Waals surface area contributed by atoms with E-state index < -0.39 is 17.7 Å². The minimum Gasteiger partial charge on any atom is -0.461 e. The molecule has 0 saturated carbocycles. The Bertz CT molecular complexity index is 469. The van der Waals surface area contributed by atoms with Crippen LogP contribution in [0.25, 0.3) is 0 Å². The third-order valence-electron chi connectivity index (χ3n) is 4.87. The summed E-state index contributed by atoms with van der Waals surface area (Å²) in [6, 6.07) is 0. The van der Waals surface area contributed by atoms with E-state index in [2.05, 4.69) is 41.5 Å². The molecule has 3 unspecified atom stereocenters. The highest BCUT2D eigenvalue weighted by Crippen LogP contribution is 2.47. The van der Waals surface area contributed by atoms with Crippen LogP contribution in [0.5, 0.6) is 0 Å². The van der Waals surface area contributed by atoms with Crippen LogP contribution in [0.15, 0.2) is 0 Å². The van der Waals surface area contributed by atoms with E-state index in [-0.39, 0.29) is 35.4 Å². The van der Waals surface area contributed by atoms with Crippen molar-refractivity contribution in [3.8, 4) is 0 Å². The van der Waals surface area contributed by atoms with Crippen molar-refractivity contribution in [3.05, 3.63) is 0 Å². The Morgan fingerprint density at radius 2 is 1.62 bits per heavy atom. The van der Waals surface area contributed by atoms with E-state index in [4.69, 9.17) is 14.2 Å². The molecule has 5 heteroatoms. The van der Waals surface area contributed by atoms with Gasteiger partial charge in [-0.15, -0.1) is 0 Å². The fourth-order valence-corrected chi connectivity index (χ4v) is 3.12. The fourth-order valence-electron chi connectivity index (χ4n) is 3.12. The molecule has 0 aromatic rings. The first-order chi connectivity index (χ1) is 10.7. The van der Waals surface area contributed by atoms with Crippen LogP contribution in [0.1, 0.15) is 68.7 Å². The average molecular weight is 342 g/mol. The van der Waals surface area contributed by atoms with Crippen molar-refractivity contribution >= 4 is 12.1 Å². The lowest BCUT2D eigenvalue weighted by molar-refractivity contribution is -0.168. The molecule has 1 aliphatic rings. The zero-order valence-corrected chi connectivity index (χ0v) is 16.7. The molecule has 24 heavy (non-hydrogen) atoms. The molecule has 5 nitrogen and oxygen atoms in total. The van der Waals surface area contributed by atoms with E-state index >= 15 is 0 Å². The second-order valence-electron chi connectivity index (χ2n) is 9.65. The largest absolute Gasteiger partial charge is 0.509 e. The first-order valence-electron chi connectivity index (χ1n) is 8.72. The lowest BCUT2D eigenvalue weighted by Gasteiger charge is -2.43. The minimum absolute atomic E-state index is 0.00947. The molecule has 1 fully saturated rings. The average Bonchev–Trinajstić information content (AvgIpc) is 2.73. The Morgan fingerprint density at radius 1 is 1.08 bits per heavy atom. The Labute approximate surface area is 146 Å². The fraction of sp³-hybridized carbons (Fsp3) is 0.895. The number of carbonyl (C=O) groups is 2. The number of rotatable bonds is 5. The first-order valence-corrected chi connectivity index (χ1v) is 8.72. The number of hydrogen-bond donors (Lipinski definition) is 0. The molecule has 0 aromatic heterocycles. The molecule has 0 radical (unpaired) electrons. The highest BCUT2D eigenvalue weighted by molar-refractivity contribution is 5.77. The summed E-state index contributed by atoms with van der Waals surface area (Å²) >= 11 is 0. The van der Waals surface area contributed by atoms with Crippen molar-refractivity contribution < 1.29 is 23.8 Å². The maximum Gasteiger partial charge on any atom is 0.509 e. The van der Waals surface area contributed by atoms with Gasteiger partial charge in [0.25, 0.3) is 0 Å². The van der Waals surface area contributed by atoms with Crippen molar-refractivity contribution in [2.45, 2.75) is 80.9 Å². The third kappa shape index (κ3) is 4.87.